The summed E-state index contributed by atoms with van der Waals surface area (Å²) in [7, 11) is 0. The highest BCUT2D eigenvalue weighted by Crippen LogP contribution is 2.37. The highest BCUT2D eigenvalue weighted by Gasteiger charge is 2.24. The van der Waals surface area contributed by atoms with Crippen molar-refractivity contribution in [3.05, 3.63) is 35.4 Å². The van der Waals surface area contributed by atoms with Crippen molar-refractivity contribution in [1.29, 1.82) is 0 Å². The Balaban J connectivity index is 2.02. The third-order valence-corrected chi connectivity index (χ3v) is 4.32. The second kappa shape index (κ2) is 6.23. The van der Waals surface area contributed by atoms with Crippen LogP contribution in [0.5, 0.6) is 0 Å². The van der Waals surface area contributed by atoms with E-state index in [-0.39, 0.29) is 0 Å². The van der Waals surface area contributed by atoms with Crippen LogP contribution in [0, 0.1) is 5.92 Å². The first-order chi connectivity index (χ1) is 9.06. The lowest BCUT2D eigenvalue weighted by Crippen LogP contribution is -2.17. The maximum atomic E-state index is 10.8. The molecule has 2 rings (SSSR count). The van der Waals surface area contributed by atoms with Crippen LogP contribution in [0.15, 0.2) is 24.3 Å². The van der Waals surface area contributed by atoms with Gasteiger partial charge in [0.2, 0.25) is 0 Å². The first-order valence-electron chi connectivity index (χ1n) is 7.38. The van der Waals surface area contributed by atoms with Crippen LogP contribution in [0.25, 0.3) is 0 Å². The molecule has 0 spiro atoms. The molecule has 104 valence electrons. The lowest BCUT2D eigenvalue weighted by molar-refractivity contribution is -0.138. The smallest absolute Gasteiger partial charge is 0.303 e. The van der Waals surface area contributed by atoms with Gasteiger partial charge in [0.15, 0.2) is 0 Å². The number of rotatable bonds is 4. The van der Waals surface area contributed by atoms with E-state index in [0.717, 1.165) is 19.3 Å². The van der Waals surface area contributed by atoms with E-state index in [4.69, 9.17) is 5.11 Å². The van der Waals surface area contributed by atoms with E-state index in [2.05, 4.69) is 38.1 Å². The van der Waals surface area contributed by atoms with Crippen LogP contribution >= 0.6 is 0 Å². The Morgan fingerprint density at radius 3 is 2.53 bits per heavy atom. The summed E-state index contributed by atoms with van der Waals surface area (Å²) < 4.78 is 0. The van der Waals surface area contributed by atoms with Gasteiger partial charge in [0.25, 0.3) is 0 Å². The Bertz CT molecular complexity index is 419. The van der Waals surface area contributed by atoms with Crippen molar-refractivity contribution in [1.82, 2.24) is 0 Å². The third kappa shape index (κ3) is 3.82. The fourth-order valence-corrected chi connectivity index (χ4v) is 3.18. The van der Waals surface area contributed by atoms with E-state index < -0.39 is 5.97 Å². The second-order valence-corrected chi connectivity index (χ2v) is 6.15. The molecule has 0 heterocycles. The third-order valence-electron chi connectivity index (χ3n) is 4.32. The molecule has 1 N–H and O–H groups in total. The van der Waals surface area contributed by atoms with E-state index >= 15 is 0 Å². The maximum absolute atomic E-state index is 10.8. The molecule has 1 fully saturated rings. The zero-order chi connectivity index (χ0) is 13.8. The number of hydrogen-bond donors (Lipinski definition) is 1. The van der Waals surface area contributed by atoms with Gasteiger partial charge in [-0.1, -0.05) is 44.5 Å². The number of aliphatic carboxylic acids is 1. The maximum Gasteiger partial charge on any atom is 0.303 e. The molecule has 0 aliphatic heterocycles. The molecule has 1 aliphatic carbocycles. The fraction of sp³-hybridized carbons (Fsp3) is 0.588. The molecule has 0 bridgehead atoms. The molecule has 1 aliphatic rings. The first kappa shape index (κ1) is 14.1. The van der Waals surface area contributed by atoms with Gasteiger partial charge in [-0.25, -0.2) is 0 Å². The number of carboxylic acids is 1. The van der Waals surface area contributed by atoms with Gasteiger partial charge < -0.3 is 5.11 Å². The highest BCUT2D eigenvalue weighted by molar-refractivity contribution is 5.67. The van der Waals surface area contributed by atoms with E-state index in [1.54, 1.807) is 0 Å². The molecular weight excluding hydrogens is 236 g/mol. The minimum atomic E-state index is -0.652. The van der Waals surface area contributed by atoms with Gasteiger partial charge in [0.05, 0.1) is 0 Å². The lowest BCUT2D eigenvalue weighted by Gasteiger charge is -2.28. The van der Waals surface area contributed by atoms with Crippen molar-refractivity contribution in [3.63, 3.8) is 0 Å². The van der Waals surface area contributed by atoms with Crippen LogP contribution < -0.4 is 0 Å². The predicted octanol–water partition coefficient (Wildman–Crippen LogP) is 4.56. The predicted molar refractivity (Wildman–Crippen MR) is 77.5 cm³/mol. The van der Waals surface area contributed by atoms with Crippen LogP contribution in [-0.2, 0) is 4.79 Å². The summed E-state index contributed by atoms with van der Waals surface area (Å²) in [6.07, 6.45) is 4.81. The summed E-state index contributed by atoms with van der Waals surface area (Å²) >= 11 is 0. The van der Waals surface area contributed by atoms with Crippen LogP contribution in [0.1, 0.15) is 68.9 Å². The molecule has 0 radical (unpaired) electrons. The van der Waals surface area contributed by atoms with Crippen LogP contribution in [0.3, 0.4) is 0 Å². The van der Waals surface area contributed by atoms with Crippen molar-refractivity contribution in [2.75, 3.05) is 0 Å². The highest BCUT2D eigenvalue weighted by atomic mass is 16.4. The van der Waals surface area contributed by atoms with Crippen LogP contribution in [-0.4, -0.2) is 11.1 Å². The Morgan fingerprint density at radius 1 is 1.26 bits per heavy atom. The largest absolute Gasteiger partial charge is 0.481 e. The topological polar surface area (TPSA) is 37.3 Å². The molecule has 1 saturated carbocycles. The normalized spacial score (nSPS) is 23.5. The monoisotopic (exact) mass is 260 g/mol. The average molecular weight is 260 g/mol. The van der Waals surface area contributed by atoms with Crippen molar-refractivity contribution in [2.45, 2.75) is 57.8 Å². The summed E-state index contributed by atoms with van der Waals surface area (Å²) in [6, 6.07) is 8.92. The Labute approximate surface area is 115 Å². The minimum Gasteiger partial charge on any atom is -0.481 e. The van der Waals surface area contributed by atoms with Gasteiger partial charge >= 0.3 is 5.97 Å². The van der Waals surface area contributed by atoms with Crippen LogP contribution in [0.2, 0.25) is 0 Å². The quantitative estimate of drug-likeness (QED) is 0.861. The summed E-state index contributed by atoms with van der Waals surface area (Å²) in [5.74, 6) is 0.835. The number of carbonyl (C=O) groups is 1. The lowest BCUT2D eigenvalue weighted by atomic mass is 9.76. The summed E-state index contributed by atoms with van der Waals surface area (Å²) in [5.41, 5.74) is 2.76. The molecule has 1 aromatic carbocycles. The minimum absolute atomic E-state index is 0.334. The number of hydrogen-bond acceptors (Lipinski definition) is 1. The molecule has 0 aromatic heterocycles. The second-order valence-electron chi connectivity index (χ2n) is 6.15. The van der Waals surface area contributed by atoms with Gasteiger partial charge in [-0.2, -0.15) is 0 Å². The van der Waals surface area contributed by atoms with Gasteiger partial charge in [0, 0.05) is 6.42 Å². The standard InChI is InChI=1S/C17H24O2/c1-12(2)14-6-8-15(9-7-14)16-5-3-4-13(10-16)11-17(18)19/h6-9,12-13,16H,3-5,10-11H2,1-2H3,(H,18,19). The molecular formula is C17H24O2. The Morgan fingerprint density at radius 2 is 1.95 bits per heavy atom. The summed E-state index contributed by atoms with van der Waals surface area (Å²) in [4.78, 5) is 10.8. The number of benzene rings is 1. The van der Waals surface area contributed by atoms with Crippen molar-refractivity contribution in [2.24, 2.45) is 5.92 Å². The van der Waals surface area contributed by atoms with Gasteiger partial charge in [-0.3, -0.25) is 4.79 Å². The molecule has 2 heteroatoms. The average Bonchev–Trinajstić information content (AvgIpc) is 2.38. The van der Waals surface area contributed by atoms with E-state index in [0.29, 0.717) is 24.2 Å². The van der Waals surface area contributed by atoms with Crippen LogP contribution in [0.4, 0.5) is 0 Å². The Kier molecular flexibility index (Phi) is 4.62. The van der Waals surface area contributed by atoms with Gasteiger partial charge in [-0.05, 0) is 48.1 Å². The van der Waals surface area contributed by atoms with E-state index in [1.807, 2.05) is 0 Å². The van der Waals surface area contributed by atoms with Crippen molar-refractivity contribution >= 4 is 5.97 Å². The molecule has 2 unspecified atom stereocenters. The molecule has 0 amide bonds. The molecule has 1 aromatic rings. The molecule has 19 heavy (non-hydrogen) atoms. The number of carboxylic acid groups (broad SMARTS) is 1. The zero-order valence-corrected chi connectivity index (χ0v) is 11.9. The zero-order valence-electron chi connectivity index (χ0n) is 11.9. The molecule has 0 saturated heterocycles. The van der Waals surface area contributed by atoms with E-state index in [1.165, 1.54) is 17.5 Å². The van der Waals surface area contributed by atoms with Crippen molar-refractivity contribution in [3.8, 4) is 0 Å². The SMILES string of the molecule is CC(C)c1ccc(C2CCCC(CC(=O)O)C2)cc1. The summed E-state index contributed by atoms with van der Waals surface area (Å²) in [5, 5.41) is 8.92. The van der Waals surface area contributed by atoms with Gasteiger partial charge in [0.1, 0.15) is 0 Å². The first-order valence-corrected chi connectivity index (χ1v) is 7.38. The van der Waals surface area contributed by atoms with Crippen molar-refractivity contribution < 1.29 is 9.90 Å². The summed E-state index contributed by atoms with van der Waals surface area (Å²) in [6.45, 7) is 4.41. The van der Waals surface area contributed by atoms with E-state index in [9.17, 15) is 4.79 Å². The Hall–Kier alpha value is -1.31. The molecule has 2 nitrogen and oxygen atoms in total. The van der Waals surface area contributed by atoms with Gasteiger partial charge in [-0.15, -0.1) is 0 Å². The molecule has 2 atom stereocenters. The fourth-order valence-electron chi connectivity index (χ4n) is 3.18.